The number of aromatic nitrogens is 4. The maximum Gasteiger partial charge on any atom is 0.358 e. The number of carbonyl (C=O) groups is 2. The number of H-pyrrole nitrogens is 1. The zero-order valence-corrected chi connectivity index (χ0v) is 15.3. The van der Waals surface area contributed by atoms with Crippen LogP contribution in [0.25, 0.3) is 0 Å². The Morgan fingerprint density at radius 3 is 2.96 bits per heavy atom. The molecule has 1 N–H and O–H groups in total. The minimum Gasteiger partial charge on any atom is -0.464 e. The Kier molecular flexibility index (Phi) is 4.05. The predicted octanol–water partition coefficient (Wildman–Crippen LogP) is 1.41. The van der Waals surface area contributed by atoms with E-state index >= 15 is 0 Å². The molecule has 0 aromatic carbocycles. The largest absolute Gasteiger partial charge is 0.464 e. The number of nitrogens with one attached hydrogen (secondary N) is 1. The van der Waals surface area contributed by atoms with Gasteiger partial charge in [0.25, 0.3) is 0 Å². The maximum atomic E-state index is 13.1. The smallest absolute Gasteiger partial charge is 0.358 e. The van der Waals surface area contributed by atoms with Gasteiger partial charge < -0.3 is 14.2 Å². The normalized spacial score (nSPS) is 21.9. The van der Waals surface area contributed by atoms with Crippen molar-refractivity contribution in [2.75, 3.05) is 13.7 Å². The Labute approximate surface area is 151 Å². The van der Waals surface area contributed by atoms with Crippen molar-refractivity contribution in [2.24, 2.45) is 5.92 Å². The van der Waals surface area contributed by atoms with Crippen LogP contribution in [0.2, 0.25) is 0 Å². The van der Waals surface area contributed by atoms with Gasteiger partial charge in [-0.1, -0.05) is 6.92 Å². The highest BCUT2D eigenvalue weighted by Crippen LogP contribution is 2.32. The summed E-state index contributed by atoms with van der Waals surface area (Å²) >= 11 is 0. The molecule has 2 aliphatic rings. The van der Waals surface area contributed by atoms with Crippen LogP contribution < -0.4 is 0 Å². The summed E-state index contributed by atoms with van der Waals surface area (Å²) in [6.07, 6.45) is 3.49. The molecule has 4 heterocycles. The number of hydrogen-bond donors (Lipinski definition) is 1. The lowest BCUT2D eigenvalue weighted by Crippen LogP contribution is -2.43. The van der Waals surface area contributed by atoms with Crippen LogP contribution in [0.15, 0.2) is 6.20 Å². The quantitative estimate of drug-likeness (QED) is 0.820. The number of imidazole rings is 1. The first-order valence-corrected chi connectivity index (χ1v) is 8.94. The van der Waals surface area contributed by atoms with E-state index in [1.54, 1.807) is 0 Å². The standard InChI is InChI=1S/C18H23N5O3/c1-10-6-12(8-23-7-11(2)19-16(10)23)17(24)22-5-4-14-13(9-22)15(21-20-14)18(25)26-3/h7,10,12H,4-6,8-9H2,1-3H3,(H,20,21)/t10-,12+/m0/s1. The predicted molar refractivity (Wildman–Crippen MR) is 92.5 cm³/mol. The molecular formula is C18H23N5O3. The fourth-order valence-electron chi connectivity index (χ4n) is 4.13. The van der Waals surface area contributed by atoms with Gasteiger partial charge in [-0.05, 0) is 13.3 Å². The second-order valence-electron chi connectivity index (χ2n) is 7.26. The Bertz CT molecular complexity index is 868. The molecule has 2 aliphatic heterocycles. The summed E-state index contributed by atoms with van der Waals surface area (Å²) in [5.74, 6) is 0.917. The molecule has 0 unspecified atom stereocenters. The lowest BCUT2D eigenvalue weighted by Gasteiger charge is -2.34. The van der Waals surface area contributed by atoms with E-state index in [2.05, 4.69) is 26.7 Å². The molecule has 0 bridgehead atoms. The van der Waals surface area contributed by atoms with Gasteiger partial charge >= 0.3 is 5.97 Å². The van der Waals surface area contributed by atoms with Crippen molar-refractivity contribution in [1.29, 1.82) is 0 Å². The van der Waals surface area contributed by atoms with E-state index in [-0.39, 0.29) is 23.4 Å². The number of ether oxygens (including phenoxy) is 1. The summed E-state index contributed by atoms with van der Waals surface area (Å²) in [7, 11) is 1.34. The van der Waals surface area contributed by atoms with Crippen LogP contribution in [0.1, 0.15) is 52.5 Å². The molecule has 2 atom stereocenters. The van der Waals surface area contributed by atoms with Gasteiger partial charge in [-0.3, -0.25) is 9.89 Å². The van der Waals surface area contributed by atoms with Crippen LogP contribution in [0.5, 0.6) is 0 Å². The number of nitrogens with zero attached hydrogens (tertiary/aromatic N) is 4. The van der Waals surface area contributed by atoms with E-state index in [1.807, 2.05) is 18.0 Å². The number of rotatable bonds is 2. The summed E-state index contributed by atoms with van der Waals surface area (Å²) in [5, 5.41) is 6.97. The van der Waals surface area contributed by atoms with Crippen LogP contribution in [0, 0.1) is 12.8 Å². The van der Waals surface area contributed by atoms with Crippen LogP contribution in [-0.4, -0.2) is 50.2 Å². The zero-order chi connectivity index (χ0) is 18.4. The van der Waals surface area contributed by atoms with Gasteiger partial charge in [0.05, 0.1) is 18.7 Å². The number of methoxy groups -OCH3 is 1. The molecule has 0 fully saturated rings. The average molecular weight is 357 g/mol. The number of esters is 1. The van der Waals surface area contributed by atoms with Gasteiger partial charge in [-0.25, -0.2) is 9.78 Å². The van der Waals surface area contributed by atoms with Crippen molar-refractivity contribution >= 4 is 11.9 Å². The monoisotopic (exact) mass is 357 g/mol. The molecule has 2 aromatic rings. The summed E-state index contributed by atoms with van der Waals surface area (Å²) in [5.41, 5.74) is 2.96. The fourth-order valence-corrected chi connectivity index (χ4v) is 4.13. The van der Waals surface area contributed by atoms with Crippen LogP contribution in [0.3, 0.4) is 0 Å². The SMILES string of the molecule is COC(=O)c1n[nH]c2c1CN(C(=O)[C@@H]1C[C@H](C)c3nc(C)cn3C1)CC2. The first-order chi connectivity index (χ1) is 12.5. The van der Waals surface area contributed by atoms with Crippen molar-refractivity contribution in [3.63, 3.8) is 0 Å². The molecule has 4 rings (SSSR count). The second kappa shape index (κ2) is 6.26. The van der Waals surface area contributed by atoms with Crippen molar-refractivity contribution in [3.05, 3.63) is 34.7 Å². The minimum atomic E-state index is -0.471. The Hall–Kier alpha value is -2.64. The van der Waals surface area contributed by atoms with E-state index in [4.69, 9.17) is 4.74 Å². The van der Waals surface area contributed by atoms with Gasteiger partial charge in [-0.15, -0.1) is 0 Å². The third-order valence-electron chi connectivity index (χ3n) is 5.40. The van der Waals surface area contributed by atoms with E-state index in [0.29, 0.717) is 26.1 Å². The first-order valence-electron chi connectivity index (χ1n) is 8.94. The molecule has 0 radical (unpaired) electrons. The van der Waals surface area contributed by atoms with E-state index in [1.165, 1.54) is 7.11 Å². The molecule has 0 saturated heterocycles. The van der Waals surface area contributed by atoms with Gasteiger partial charge in [0.1, 0.15) is 5.82 Å². The highest BCUT2D eigenvalue weighted by atomic mass is 16.5. The summed E-state index contributed by atoms with van der Waals surface area (Å²) in [6.45, 7) is 5.80. The number of aryl methyl sites for hydroxylation is 1. The molecule has 8 heteroatoms. The van der Waals surface area contributed by atoms with Crippen LogP contribution in [0.4, 0.5) is 0 Å². The molecule has 2 aromatic heterocycles. The minimum absolute atomic E-state index is 0.0684. The van der Waals surface area contributed by atoms with Gasteiger partial charge in [0.2, 0.25) is 5.91 Å². The maximum absolute atomic E-state index is 13.1. The van der Waals surface area contributed by atoms with Crippen molar-refractivity contribution in [2.45, 2.75) is 45.7 Å². The fraction of sp³-hybridized carbons (Fsp3) is 0.556. The molecule has 26 heavy (non-hydrogen) atoms. The van der Waals surface area contributed by atoms with E-state index < -0.39 is 5.97 Å². The van der Waals surface area contributed by atoms with Gasteiger partial charge in [0.15, 0.2) is 5.69 Å². The van der Waals surface area contributed by atoms with E-state index in [0.717, 1.165) is 29.2 Å². The molecule has 0 spiro atoms. The summed E-state index contributed by atoms with van der Waals surface area (Å²) < 4.78 is 6.90. The van der Waals surface area contributed by atoms with Crippen LogP contribution >= 0.6 is 0 Å². The van der Waals surface area contributed by atoms with Gasteiger partial charge in [0, 0.05) is 49.4 Å². The number of carbonyl (C=O) groups excluding carboxylic acids is 2. The molecule has 8 nitrogen and oxygen atoms in total. The average Bonchev–Trinajstić information content (AvgIpc) is 3.22. The highest BCUT2D eigenvalue weighted by Gasteiger charge is 2.35. The molecule has 0 aliphatic carbocycles. The Balaban J connectivity index is 1.53. The van der Waals surface area contributed by atoms with Crippen molar-refractivity contribution < 1.29 is 14.3 Å². The summed E-state index contributed by atoms with van der Waals surface area (Å²) in [6, 6.07) is 0. The lowest BCUT2D eigenvalue weighted by atomic mass is 9.89. The molecule has 1 amide bonds. The highest BCUT2D eigenvalue weighted by molar-refractivity contribution is 5.89. The van der Waals surface area contributed by atoms with E-state index in [9.17, 15) is 9.59 Å². The third-order valence-corrected chi connectivity index (χ3v) is 5.40. The molecule has 138 valence electrons. The van der Waals surface area contributed by atoms with Crippen molar-refractivity contribution in [3.8, 4) is 0 Å². The lowest BCUT2D eigenvalue weighted by molar-refractivity contribution is -0.137. The summed E-state index contributed by atoms with van der Waals surface area (Å²) in [4.78, 5) is 31.5. The number of amides is 1. The molecule has 0 saturated carbocycles. The number of fused-ring (bicyclic) bond motifs is 2. The zero-order valence-electron chi connectivity index (χ0n) is 15.3. The first kappa shape index (κ1) is 16.8. The number of aromatic amines is 1. The van der Waals surface area contributed by atoms with Crippen molar-refractivity contribution in [1.82, 2.24) is 24.6 Å². The Morgan fingerprint density at radius 1 is 1.38 bits per heavy atom. The topological polar surface area (TPSA) is 93.1 Å². The third kappa shape index (κ3) is 2.69. The second-order valence-corrected chi connectivity index (χ2v) is 7.26. The molecular weight excluding hydrogens is 334 g/mol. The number of hydrogen-bond acceptors (Lipinski definition) is 5. The Morgan fingerprint density at radius 2 is 2.19 bits per heavy atom. The van der Waals surface area contributed by atoms with Gasteiger partial charge in [-0.2, -0.15) is 5.10 Å². The van der Waals surface area contributed by atoms with Crippen LogP contribution in [-0.2, 0) is 29.0 Å².